The van der Waals surface area contributed by atoms with Crippen molar-refractivity contribution in [2.45, 2.75) is 32.4 Å². The molecule has 0 radical (unpaired) electrons. The Morgan fingerprint density at radius 2 is 1.88 bits per heavy atom. The van der Waals surface area contributed by atoms with Crippen molar-refractivity contribution in [2.75, 3.05) is 6.54 Å². The van der Waals surface area contributed by atoms with Crippen LogP contribution in [-0.2, 0) is 0 Å². The van der Waals surface area contributed by atoms with Crippen molar-refractivity contribution >= 4 is 11.6 Å². The van der Waals surface area contributed by atoms with E-state index in [9.17, 15) is 5.11 Å². The van der Waals surface area contributed by atoms with Crippen LogP contribution >= 0.6 is 11.6 Å². The number of nitrogens with two attached hydrogens (primary N) is 2. The lowest BCUT2D eigenvalue weighted by Gasteiger charge is -2.20. The SMILES string of the molecule is Cc1cc(Cl)c(C(O)C(N)CCN)cc1C. The van der Waals surface area contributed by atoms with E-state index in [-0.39, 0.29) is 6.04 Å². The van der Waals surface area contributed by atoms with Crippen molar-refractivity contribution in [3.05, 3.63) is 33.8 Å². The zero-order chi connectivity index (χ0) is 12.3. The molecule has 16 heavy (non-hydrogen) atoms. The van der Waals surface area contributed by atoms with Crippen molar-refractivity contribution in [3.8, 4) is 0 Å². The van der Waals surface area contributed by atoms with Gasteiger partial charge in [-0.05, 0) is 44.0 Å². The van der Waals surface area contributed by atoms with Gasteiger partial charge in [-0.1, -0.05) is 17.7 Å². The van der Waals surface area contributed by atoms with Gasteiger partial charge in [0, 0.05) is 16.6 Å². The summed E-state index contributed by atoms with van der Waals surface area (Å²) in [7, 11) is 0. The van der Waals surface area contributed by atoms with Crippen molar-refractivity contribution in [2.24, 2.45) is 11.5 Å². The van der Waals surface area contributed by atoms with E-state index in [1.807, 2.05) is 26.0 Å². The number of hydrogen-bond donors (Lipinski definition) is 3. The third kappa shape index (κ3) is 2.95. The lowest BCUT2D eigenvalue weighted by Crippen LogP contribution is -2.31. The first-order valence-corrected chi connectivity index (χ1v) is 5.75. The maximum absolute atomic E-state index is 10.1. The number of hydrogen-bond acceptors (Lipinski definition) is 3. The zero-order valence-electron chi connectivity index (χ0n) is 9.70. The summed E-state index contributed by atoms with van der Waals surface area (Å²) in [5.41, 5.74) is 14.1. The maximum Gasteiger partial charge on any atom is 0.0955 e. The van der Waals surface area contributed by atoms with Gasteiger partial charge in [-0.3, -0.25) is 0 Å². The molecule has 3 nitrogen and oxygen atoms in total. The molecule has 2 atom stereocenters. The lowest BCUT2D eigenvalue weighted by atomic mass is 9.97. The fourth-order valence-corrected chi connectivity index (χ4v) is 1.94. The van der Waals surface area contributed by atoms with Gasteiger partial charge in [-0.25, -0.2) is 0 Å². The number of halogens is 1. The Morgan fingerprint density at radius 3 is 2.44 bits per heavy atom. The molecule has 0 fully saturated rings. The van der Waals surface area contributed by atoms with Crippen LogP contribution in [0.25, 0.3) is 0 Å². The van der Waals surface area contributed by atoms with E-state index >= 15 is 0 Å². The summed E-state index contributed by atoms with van der Waals surface area (Å²) in [6.07, 6.45) is -0.180. The molecule has 5 N–H and O–H groups in total. The highest BCUT2D eigenvalue weighted by Gasteiger charge is 2.19. The van der Waals surface area contributed by atoms with Gasteiger partial charge in [0.15, 0.2) is 0 Å². The second kappa shape index (κ2) is 5.64. The molecule has 4 heteroatoms. The second-order valence-electron chi connectivity index (χ2n) is 4.14. The normalized spacial score (nSPS) is 14.9. The van der Waals surface area contributed by atoms with E-state index < -0.39 is 6.10 Å². The molecule has 0 aromatic heterocycles. The summed E-state index contributed by atoms with van der Waals surface area (Å²) >= 11 is 6.09. The average molecular weight is 243 g/mol. The van der Waals surface area contributed by atoms with Gasteiger partial charge in [-0.15, -0.1) is 0 Å². The molecule has 90 valence electrons. The lowest BCUT2D eigenvalue weighted by molar-refractivity contribution is 0.143. The second-order valence-corrected chi connectivity index (χ2v) is 4.55. The summed E-state index contributed by atoms with van der Waals surface area (Å²) in [4.78, 5) is 0. The van der Waals surface area contributed by atoms with Crippen molar-refractivity contribution in [1.29, 1.82) is 0 Å². The Hall–Kier alpha value is -0.610. The Kier molecular flexibility index (Phi) is 4.74. The summed E-state index contributed by atoms with van der Waals surface area (Å²) in [5.74, 6) is 0. The third-order valence-corrected chi connectivity index (χ3v) is 3.16. The van der Waals surface area contributed by atoms with Crippen LogP contribution in [0.2, 0.25) is 5.02 Å². The van der Waals surface area contributed by atoms with Gasteiger partial charge in [0.05, 0.1) is 6.10 Å². The molecule has 1 aromatic rings. The predicted octanol–water partition coefficient (Wildman–Crippen LogP) is 1.67. The van der Waals surface area contributed by atoms with Crippen LogP contribution in [-0.4, -0.2) is 17.7 Å². The minimum Gasteiger partial charge on any atom is -0.387 e. The summed E-state index contributed by atoms with van der Waals surface area (Å²) in [5, 5.41) is 10.6. The molecule has 1 aromatic carbocycles. The molecule has 0 aliphatic heterocycles. The quantitative estimate of drug-likeness (QED) is 0.752. The standard InChI is InChI=1S/C12H19ClN2O/c1-7-5-9(10(13)6-8(7)2)12(16)11(15)3-4-14/h5-6,11-12,16H,3-4,14-15H2,1-2H3. The van der Waals surface area contributed by atoms with Gasteiger partial charge in [0.2, 0.25) is 0 Å². The highest BCUT2D eigenvalue weighted by Crippen LogP contribution is 2.28. The molecule has 0 amide bonds. The highest BCUT2D eigenvalue weighted by atomic mass is 35.5. The van der Waals surface area contributed by atoms with Crippen LogP contribution in [0.1, 0.15) is 29.2 Å². The molecule has 0 aliphatic rings. The first kappa shape index (κ1) is 13.5. The number of aliphatic hydroxyl groups is 1. The monoisotopic (exact) mass is 242 g/mol. The average Bonchev–Trinajstić information content (AvgIpc) is 2.23. The summed E-state index contributed by atoms with van der Waals surface area (Å²) < 4.78 is 0. The van der Waals surface area contributed by atoms with E-state index in [2.05, 4.69) is 0 Å². The van der Waals surface area contributed by atoms with Gasteiger partial charge in [-0.2, -0.15) is 0 Å². The summed E-state index contributed by atoms with van der Waals surface area (Å²) in [6, 6.07) is 3.37. The first-order valence-electron chi connectivity index (χ1n) is 5.37. The van der Waals surface area contributed by atoms with Crippen LogP contribution < -0.4 is 11.5 Å². The topological polar surface area (TPSA) is 72.3 Å². The molecule has 1 rings (SSSR count). The maximum atomic E-state index is 10.1. The molecule has 0 heterocycles. The van der Waals surface area contributed by atoms with E-state index in [0.717, 1.165) is 11.1 Å². The minimum atomic E-state index is -0.754. The first-order chi connectivity index (χ1) is 7.47. The van der Waals surface area contributed by atoms with Crippen molar-refractivity contribution in [3.63, 3.8) is 0 Å². The van der Waals surface area contributed by atoms with Gasteiger partial charge >= 0.3 is 0 Å². The Bertz CT molecular complexity index is 368. The van der Waals surface area contributed by atoms with Crippen LogP contribution in [0.5, 0.6) is 0 Å². The molecule has 0 saturated heterocycles. The molecular formula is C12H19ClN2O. The summed E-state index contributed by atoms with van der Waals surface area (Å²) in [6.45, 7) is 4.42. The molecular weight excluding hydrogens is 224 g/mol. The molecule has 0 aliphatic carbocycles. The van der Waals surface area contributed by atoms with Gasteiger partial charge < -0.3 is 16.6 Å². The molecule has 0 saturated carbocycles. The van der Waals surface area contributed by atoms with Crippen LogP contribution in [0.3, 0.4) is 0 Å². The molecule has 0 bridgehead atoms. The minimum absolute atomic E-state index is 0.371. The number of benzene rings is 1. The number of aliphatic hydroxyl groups excluding tert-OH is 1. The Morgan fingerprint density at radius 1 is 1.31 bits per heavy atom. The zero-order valence-corrected chi connectivity index (χ0v) is 10.5. The Balaban J connectivity index is 2.99. The number of aryl methyl sites for hydroxylation is 2. The van der Waals surface area contributed by atoms with E-state index in [1.54, 1.807) is 0 Å². The molecule has 2 unspecified atom stereocenters. The predicted molar refractivity (Wildman–Crippen MR) is 67.5 cm³/mol. The Labute approximate surface area is 101 Å². The third-order valence-electron chi connectivity index (χ3n) is 2.84. The highest BCUT2D eigenvalue weighted by molar-refractivity contribution is 6.31. The van der Waals surface area contributed by atoms with Crippen molar-refractivity contribution in [1.82, 2.24) is 0 Å². The van der Waals surface area contributed by atoms with E-state index in [0.29, 0.717) is 23.6 Å². The molecule has 0 spiro atoms. The van der Waals surface area contributed by atoms with Gasteiger partial charge in [0.1, 0.15) is 0 Å². The van der Waals surface area contributed by atoms with Crippen LogP contribution in [0.4, 0.5) is 0 Å². The van der Waals surface area contributed by atoms with E-state index in [4.69, 9.17) is 23.1 Å². The van der Waals surface area contributed by atoms with Crippen LogP contribution in [0, 0.1) is 13.8 Å². The number of rotatable bonds is 4. The fraction of sp³-hybridized carbons (Fsp3) is 0.500. The largest absolute Gasteiger partial charge is 0.387 e. The van der Waals surface area contributed by atoms with E-state index in [1.165, 1.54) is 0 Å². The van der Waals surface area contributed by atoms with Crippen molar-refractivity contribution < 1.29 is 5.11 Å². The van der Waals surface area contributed by atoms with Gasteiger partial charge in [0.25, 0.3) is 0 Å². The smallest absolute Gasteiger partial charge is 0.0955 e. The van der Waals surface area contributed by atoms with Crippen LogP contribution in [0.15, 0.2) is 12.1 Å². The fourth-order valence-electron chi connectivity index (χ4n) is 1.61.